The molecule has 0 aromatic heterocycles. The van der Waals surface area contributed by atoms with Crippen LogP contribution >= 0.6 is 24.0 Å². The first-order valence-corrected chi connectivity index (χ1v) is 9.07. The number of halogens is 4. The molecule has 2 unspecified atom stereocenters. The molecule has 0 saturated carbocycles. The van der Waals surface area contributed by atoms with E-state index in [0.29, 0.717) is 5.92 Å². The van der Waals surface area contributed by atoms with Gasteiger partial charge in [0, 0.05) is 25.7 Å². The van der Waals surface area contributed by atoms with Gasteiger partial charge in [-0.2, -0.15) is 13.2 Å². The van der Waals surface area contributed by atoms with E-state index < -0.39 is 11.7 Å². The van der Waals surface area contributed by atoms with Gasteiger partial charge in [0.15, 0.2) is 5.96 Å². The van der Waals surface area contributed by atoms with Crippen LogP contribution < -0.4 is 10.6 Å². The lowest BCUT2D eigenvalue weighted by Crippen LogP contribution is -2.46. The molecule has 4 nitrogen and oxygen atoms in total. The lowest BCUT2D eigenvalue weighted by Gasteiger charge is -2.40. The topological polar surface area (TPSA) is 39.7 Å². The molecule has 0 radical (unpaired) electrons. The van der Waals surface area contributed by atoms with Gasteiger partial charge < -0.3 is 10.6 Å². The second-order valence-corrected chi connectivity index (χ2v) is 7.20. The van der Waals surface area contributed by atoms with Crippen molar-refractivity contribution in [1.29, 1.82) is 0 Å². The molecule has 8 heteroatoms. The Balaban J connectivity index is 0.00000364. The van der Waals surface area contributed by atoms with Crippen molar-refractivity contribution in [2.45, 2.75) is 44.9 Å². The Morgan fingerprint density at radius 3 is 2.41 bits per heavy atom. The Kier molecular flexibility index (Phi) is 9.33. The van der Waals surface area contributed by atoms with Crippen LogP contribution in [0.4, 0.5) is 13.2 Å². The number of aliphatic imine (C=N–C) groups is 1. The van der Waals surface area contributed by atoms with Crippen molar-refractivity contribution in [3.8, 4) is 0 Å². The largest absolute Gasteiger partial charge is 0.416 e. The lowest BCUT2D eigenvalue weighted by molar-refractivity contribution is -0.137. The highest BCUT2D eigenvalue weighted by atomic mass is 127. The first-order chi connectivity index (χ1) is 12.2. The zero-order chi connectivity index (χ0) is 19.3. The second kappa shape index (κ2) is 10.5. The molecule has 1 aromatic carbocycles. The summed E-state index contributed by atoms with van der Waals surface area (Å²) in [5.74, 6) is 1.05. The highest BCUT2D eigenvalue weighted by Crippen LogP contribution is 2.36. The highest BCUT2D eigenvalue weighted by Gasteiger charge is 2.33. The van der Waals surface area contributed by atoms with E-state index in [0.717, 1.165) is 37.5 Å². The summed E-state index contributed by atoms with van der Waals surface area (Å²) in [6, 6.07) is 5.97. The van der Waals surface area contributed by atoms with Gasteiger partial charge in [0.25, 0.3) is 0 Å². The van der Waals surface area contributed by atoms with E-state index in [-0.39, 0.29) is 36.1 Å². The summed E-state index contributed by atoms with van der Waals surface area (Å²) in [6.07, 6.45) is -2.19. The van der Waals surface area contributed by atoms with Crippen molar-refractivity contribution in [2.75, 3.05) is 27.2 Å². The molecular formula is C19H30F3IN4. The first kappa shape index (κ1) is 24.0. The molecule has 1 aliphatic rings. The molecule has 0 spiro atoms. The predicted octanol–water partition coefficient (Wildman–Crippen LogP) is 4.28. The molecule has 154 valence electrons. The summed E-state index contributed by atoms with van der Waals surface area (Å²) >= 11 is 0. The van der Waals surface area contributed by atoms with Gasteiger partial charge >= 0.3 is 6.18 Å². The molecule has 2 rings (SSSR count). The van der Waals surface area contributed by atoms with Gasteiger partial charge in [0.05, 0.1) is 5.56 Å². The molecule has 2 atom stereocenters. The van der Waals surface area contributed by atoms with Gasteiger partial charge in [-0.3, -0.25) is 9.89 Å². The van der Waals surface area contributed by atoms with Crippen LogP contribution in [0.25, 0.3) is 0 Å². The van der Waals surface area contributed by atoms with E-state index in [1.54, 1.807) is 19.2 Å². The zero-order valence-electron chi connectivity index (χ0n) is 16.3. The van der Waals surface area contributed by atoms with Crippen molar-refractivity contribution in [1.82, 2.24) is 15.5 Å². The van der Waals surface area contributed by atoms with Crippen LogP contribution in [0.15, 0.2) is 29.3 Å². The van der Waals surface area contributed by atoms with E-state index in [4.69, 9.17) is 0 Å². The Bertz CT molecular complexity index is 602. The number of piperidine rings is 1. The summed E-state index contributed by atoms with van der Waals surface area (Å²) in [5.41, 5.74) is 0.328. The standard InChI is InChI=1S/C19H29F3N4.HI/c1-13(2)25-18(23-3)24-12-15-6-5-11-26(4)17(15)14-7-9-16(10-8-14)19(20,21)22;/h7-10,13,15,17H,5-6,11-12H2,1-4H3,(H2,23,24,25);1H. The molecule has 27 heavy (non-hydrogen) atoms. The fourth-order valence-electron chi connectivity index (χ4n) is 3.57. The van der Waals surface area contributed by atoms with E-state index in [1.807, 2.05) is 20.9 Å². The number of likely N-dealkylation sites (tertiary alicyclic amines) is 1. The normalized spacial score (nSPS) is 21.7. The van der Waals surface area contributed by atoms with Gasteiger partial charge in [-0.25, -0.2) is 0 Å². The number of nitrogens with zero attached hydrogens (tertiary/aromatic N) is 2. The van der Waals surface area contributed by atoms with E-state index in [1.165, 1.54) is 12.1 Å². The number of nitrogens with one attached hydrogen (secondary N) is 2. The molecule has 0 amide bonds. The summed E-state index contributed by atoms with van der Waals surface area (Å²) in [6.45, 7) is 5.77. The van der Waals surface area contributed by atoms with Crippen molar-refractivity contribution in [3.63, 3.8) is 0 Å². The van der Waals surface area contributed by atoms with Gasteiger partial charge in [0.1, 0.15) is 0 Å². The third kappa shape index (κ3) is 6.81. The van der Waals surface area contributed by atoms with Crippen molar-refractivity contribution >= 4 is 29.9 Å². The van der Waals surface area contributed by atoms with Crippen LogP contribution in [0.5, 0.6) is 0 Å². The van der Waals surface area contributed by atoms with E-state index in [9.17, 15) is 13.2 Å². The summed E-state index contributed by atoms with van der Waals surface area (Å²) in [4.78, 5) is 6.46. The van der Waals surface area contributed by atoms with Crippen LogP contribution in [0.3, 0.4) is 0 Å². The van der Waals surface area contributed by atoms with E-state index in [2.05, 4.69) is 20.5 Å². The molecule has 1 saturated heterocycles. The first-order valence-electron chi connectivity index (χ1n) is 9.07. The summed E-state index contributed by atoms with van der Waals surface area (Å²) in [7, 11) is 3.77. The van der Waals surface area contributed by atoms with Gasteiger partial charge in [-0.05, 0) is 63.9 Å². The Morgan fingerprint density at radius 1 is 1.26 bits per heavy atom. The maximum absolute atomic E-state index is 12.8. The lowest BCUT2D eigenvalue weighted by atomic mass is 9.84. The fourth-order valence-corrected chi connectivity index (χ4v) is 3.57. The second-order valence-electron chi connectivity index (χ2n) is 7.20. The van der Waals surface area contributed by atoms with Crippen LogP contribution in [0, 0.1) is 5.92 Å². The fraction of sp³-hybridized carbons (Fsp3) is 0.632. The molecular weight excluding hydrogens is 468 g/mol. The van der Waals surface area contributed by atoms with Gasteiger partial charge in [0.2, 0.25) is 0 Å². The Labute approximate surface area is 177 Å². The number of rotatable bonds is 4. The molecule has 0 aliphatic carbocycles. The zero-order valence-corrected chi connectivity index (χ0v) is 18.6. The van der Waals surface area contributed by atoms with Crippen molar-refractivity contribution in [3.05, 3.63) is 35.4 Å². The molecule has 1 aromatic rings. The number of benzene rings is 1. The highest BCUT2D eigenvalue weighted by molar-refractivity contribution is 14.0. The van der Waals surface area contributed by atoms with Gasteiger partial charge in [-0.15, -0.1) is 24.0 Å². The Hall–Kier alpha value is -1.03. The number of guanidine groups is 1. The molecule has 0 bridgehead atoms. The smallest absolute Gasteiger partial charge is 0.356 e. The molecule has 1 fully saturated rings. The third-order valence-corrected chi connectivity index (χ3v) is 4.77. The van der Waals surface area contributed by atoms with Crippen LogP contribution in [0.1, 0.15) is 43.9 Å². The minimum atomic E-state index is -4.30. The maximum atomic E-state index is 12.8. The molecule has 1 aliphatic heterocycles. The minimum Gasteiger partial charge on any atom is -0.356 e. The quantitative estimate of drug-likeness (QED) is 0.370. The molecule has 2 N–H and O–H groups in total. The average Bonchev–Trinajstić information content (AvgIpc) is 2.57. The number of hydrogen-bond donors (Lipinski definition) is 2. The molecule has 1 heterocycles. The SMILES string of the molecule is CN=C(NCC1CCCN(C)C1c1ccc(C(F)(F)F)cc1)NC(C)C.I. The van der Waals surface area contributed by atoms with Crippen molar-refractivity contribution in [2.24, 2.45) is 10.9 Å². The van der Waals surface area contributed by atoms with Crippen molar-refractivity contribution < 1.29 is 13.2 Å². The van der Waals surface area contributed by atoms with Crippen LogP contribution in [-0.2, 0) is 6.18 Å². The monoisotopic (exact) mass is 498 g/mol. The van der Waals surface area contributed by atoms with Crippen LogP contribution in [-0.4, -0.2) is 44.1 Å². The van der Waals surface area contributed by atoms with E-state index >= 15 is 0 Å². The van der Waals surface area contributed by atoms with Gasteiger partial charge in [-0.1, -0.05) is 12.1 Å². The predicted molar refractivity (Wildman–Crippen MR) is 115 cm³/mol. The third-order valence-electron chi connectivity index (χ3n) is 4.77. The van der Waals surface area contributed by atoms with Crippen LogP contribution in [0.2, 0.25) is 0 Å². The number of alkyl halides is 3. The average molecular weight is 498 g/mol. The minimum absolute atomic E-state index is 0. The number of hydrogen-bond acceptors (Lipinski definition) is 2. The summed E-state index contributed by atoms with van der Waals surface area (Å²) < 4.78 is 38.5. The maximum Gasteiger partial charge on any atom is 0.416 e. The Morgan fingerprint density at radius 2 is 1.89 bits per heavy atom. The summed E-state index contributed by atoms with van der Waals surface area (Å²) in [5, 5.41) is 6.62.